The van der Waals surface area contributed by atoms with E-state index in [1.807, 2.05) is 6.92 Å². The van der Waals surface area contributed by atoms with Crippen molar-refractivity contribution in [3.8, 4) is 0 Å². The van der Waals surface area contributed by atoms with Crippen LogP contribution in [-0.2, 0) is 23.9 Å². The van der Waals surface area contributed by atoms with E-state index in [0.29, 0.717) is 6.42 Å². The highest BCUT2D eigenvalue weighted by Gasteiger charge is 2.33. The van der Waals surface area contributed by atoms with Crippen LogP contribution in [0.3, 0.4) is 0 Å². The van der Waals surface area contributed by atoms with Crippen molar-refractivity contribution in [1.82, 2.24) is 0 Å². The molecule has 0 fully saturated rings. The van der Waals surface area contributed by atoms with E-state index in [-0.39, 0.29) is 5.92 Å². The molecular weight excluding hydrogens is 278 g/mol. The van der Waals surface area contributed by atoms with Gasteiger partial charge in [-0.25, -0.2) is 4.79 Å². The molecule has 0 aromatic heterocycles. The first kappa shape index (κ1) is 19.4. The van der Waals surface area contributed by atoms with Gasteiger partial charge in [0.25, 0.3) is 0 Å². The Bertz CT molecular complexity index is 387. The van der Waals surface area contributed by atoms with Crippen LogP contribution in [0.4, 0.5) is 0 Å². The van der Waals surface area contributed by atoms with E-state index in [0.717, 1.165) is 0 Å². The molecule has 0 aromatic carbocycles. The predicted molar refractivity (Wildman–Crippen MR) is 75.4 cm³/mol. The maximum absolute atomic E-state index is 11.9. The molecule has 0 aromatic rings. The molecule has 0 saturated heterocycles. The van der Waals surface area contributed by atoms with Crippen LogP contribution in [0.2, 0.25) is 0 Å². The van der Waals surface area contributed by atoms with Gasteiger partial charge in [-0.05, 0) is 26.7 Å². The minimum Gasteiger partial charge on any atom is -0.481 e. The Labute approximate surface area is 124 Å². The van der Waals surface area contributed by atoms with Gasteiger partial charge in [-0.2, -0.15) is 0 Å². The number of esters is 2. The van der Waals surface area contributed by atoms with Crippen LogP contribution in [0.25, 0.3) is 0 Å². The van der Waals surface area contributed by atoms with Gasteiger partial charge in [0.05, 0.1) is 6.42 Å². The summed E-state index contributed by atoms with van der Waals surface area (Å²) >= 11 is 0. The number of carbonyl (C=O) groups excluding carboxylic acids is 2. The summed E-state index contributed by atoms with van der Waals surface area (Å²) in [5.41, 5.74) is 4.90. The number of carbonyl (C=O) groups is 3. The van der Waals surface area contributed by atoms with Crippen LogP contribution in [0.5, 0.6) is 0 Å². The lowest BCUT2D eigenvalue weighted by atomic mass is 10.0. The average molecular weight is 303 g/mol. The maximum atomic E-state index is 11.9. The molecule has 0 aliphatic heterocycles. The molecule has 7 nitrogen and oxygen atoms in total. The molecule has 1 unspecified atom stereocenters. The lowest BCUT2D eigenvalue weighted by molar-refractivity contribution is -0.179. The topological polar surface area (TPSA) is 116 Å². The molecule has 0 rings (SSSR count). The summed E-state index contributed by atoms with van der Waals surface area (Å²) in [6, 6.07) is -0.909. The normalized spacial score (nSPS) is 15.7. The van der Waals surface area contributed by atoms with Crippen molar-refractivity contribution in [2.24, 2.45) is 11.7 Å². The largest absolute Gasteiger partial charge is 0.481 e. The standard InChI is InChI=1S/C14H25NO6/c1-6-8(2)11(15)13(19)20-9(7-10(16)17)12(18)21-14(3,4)5/h8-9,11H,6-7,15H2,1-5H3,(H,16,17)/t8-,9?,11-/m0/s1. The van der Waals surface area contributed by atoms with Crippen LogP contribution < -0.4 is 5.73 Å². The van der Waals surface area contributed by atoms with Crippen molar-refractivity contribution in [3.05, 3.63) is 0 Å². The second-order valence-corrected chi connectivity index (χ2v) is 5.97. The molecule has 0 heterocycles. The van der Waals surface area contributed by atoms with Crippen molar-refractivity contribution in [2.75, 3.05) is 0 Å². The van der Waals surface area contributed by atoms with Crippen LogP contribution in [0.15, 0.2) is 0 Å². The lowest BCUT2D eigenvalue weighted by Crippen LogP contribution is -2.43. The molecule has 122 valence electrons. The zero-order valence-electron chi connectivity index (χ0n) is 13.2. The van der Waals surface area contributed by atoms with Crippen molar-refractivity contribution >= 4 is 17.9 Å². The molecule has 0 spiro atoms. The second-order valence-electron chi connectivity index (χ2n) is 5.97. The fourth-order valence-electron chi connectivity index (χ4n) is 1.40. The van der Waals surface area contributed by atoms with Crippen LogP contribution in [0.1, 0.15) is 47.5 Å². The van der Waals surface area contributed by atoms with E-state index in [1.165, 1.54) is 0 Å². The van der Waals surface area contributed by atoms with Gasteiger partial charge in [-0.1, -0.05) is 20.3 Å². The van der Waals surface area contributed by atoms with Gasteiger partial charge < -0.3 is 20.3 Å². The summed E-state index contributed by atoms with van der Waals surface area (Å²) in [4.78, 5) is 34.5. The van der Waals surface area contributed by atoms with Gasteiger partial charge >= 0.3 is 17.9 Å². The number of carboxylic acids is 1. The van der Waals surface area contributed by atoms with Crippen molar-refractivity contribution in [3.63, 3.8) is 0 Å². The first-order valence-electron chi connectivity index (χ1n) is 6.88. The van der Waals surface area contributed by atoms with Crippen molar-refractivity contribution in [1.29, 1.82) is 0 Å². The Morgan fingerprint density at radius 2 is 1.71 bits per heavy atom. The molecule has 7 heteroatoms. The van der Waals surface area contributed by atoms with Gasteiger partial charge in [0.1, 0.15) is 11.6 Å². The van der Waals surface area contributed by atoms with Gasteiger partial charge in [-0.3, -0.25) is 9.59 Å². The van der Waals surface area contributed by atoms with Crippen LogP contribution in [0, 0.1) is 5.92 Å². The van der Waals surface area contributed by atoms with Crippen LogP contribution >= 0.6 is 0 Å². The zero-order chi connectivity index (χ0) is 16.8. The zero-order valence-corrected chi connectivity index (χ0v) is 13.2. The molecule has 0 bridgehead atoms. The van der Waals surface area contributed by atoms with E-state index >= 15 is 0 Å². The maximum Gasteiger partial charge on any atom is 0.348 e. The fourth-order valence-corrected chi connectivity index (χ4v) is 1.40. The third kappa shape index (κ3) is 7.65. The molecule has 0 saturated carbocycles. The Hall–Kier alpha value is -1.63. The molecule has 0 amide bonds. The second kappa shape index (κ2) is 7.97. The molecule has 0 radical (unpaired) electrons. The first-order valence-corrected chi connectivity index (χ1v) is 6.88. The highest BCUT2D eigenvalue weighted by Crippen LogP contribution is 2.14. The molecule has 0 aliphatic rings. The minimum absolute atomic E-state index is 0.137. The van der Waals surface area contributed by atoms with Gasteiger partial charge in [0, 0.05) is 0 Å². The highest BCUT2D eigenvalue weighted by molar-refractivity contribution is 5.85. The monoisotopic (exact) mass is 303 g/mol. The van der Waals surface area contributed by atoms with E-state index in [4.69, 9.17) is 20.3 Å². The Balaban J connectivity index is 4.88. The predicted octanol–water partition coefficient (Wildman–Crippen LogP) is 1.09. The SMILES string of the molecule is CC[C@H](C)[C@H](N)C(=O)OC(CC(=O)O)C(=O)OC(C)(C)C. The van der Waals surface area contributed by atoms with Gasteiger partial charge in [-0.15, -0.1) is 0 Å². The molecule has 21 heavy (non-hydrogen) atoms. The summed E-state index contributed by atoms with van der Waals surface area (Å²) in [5.74, 6) is -3.10. The first-order chi connectivity index (χ1) is 9.47. The number of aliphatic carboxylic acids is 1. The quantitative estimate of drug-likeness (QED) is 0.676. The molecule has 3 N–H and O–H groups in total. The fraction of sp³-hybridized carbons (Fsp3) is 0.786. The molecular formula is C14H25NO6. The summed E-state index contributed by atoms with van der Waals surface area (Å²) < 4.78 is 9.98. The highest BCUT2D eigenvalue weighted by atomic mass is 16.6. The average Bonchev–Trinajstić information content (AvgIpc) is 2.33. The Kier molecular flexibility index (Phi) is 7.35. The summed E-state index contributed by atoms with van der Waals surface area (Å²) in [7, 11) is 0. The van der Waals surface area contributed by atoms with E-state index in [2.05, 4.69) is 0 Å². The van der Waals surface area contributed by atoms with Crippen molar-refractivity contribution < 1.29 is 29.0 Å². The lowest BCUT2D eigenvalue weighted by Gasteiger charge is -2.25. The van der Waals surface area contributed by atoms with Gasteiger partial charge in [0.2, 0.25) is 6.10 Å². The summed E-state index contributed by atoms with van der Waals surface area (Å²) in [6.07, 6.45) is -1.50. The summed E-state index contributed by atoms with van der Waals surface area (Å²) in [6.45, 7) is 8.53. The third-order valence-electron chi connectivity index (χ3n) is 2.82. The van der Waals surface area contributed by atoms with Crippen LogP contribution in [-0.4, -0.2) is 40.8 Å². The number of ether oxygens (including phenoxy) is 2. The number of hydrogen-bond donors (Lipinski definition) is 2. The van der Waals surface area contributed by atoms with Gasteiger partial charge in [0.15, 0.2) is 0 Å². The summed E-state index contributed by atoms with van der Waals surface area (Å²) in [5, 5.41) is 8.81. The Morgan fingerprint density at radius 3 is 2.10 bits per heavy atom. The number of carboxylic acid groups (broad SMARTS) is 1. The smallest absolute Gasteiger partial charge is 0.348 e. The Morgan fingerprint density at radius 1 is 1.19 bits per heavy atom. The number of hydrogen-bond acceptors (Lipinski definition) is 6. The number of rotatable bonds is 7. The molecule has 0 aliphatic carbocycles. The van der Waals surface area contributed by atoms with Crippen molar-refractivity contribution in [2.45, 2.75) is 65.2 Å². The van der Waals surface area contributed by atoms with E-state index < -0.39 is 42.1 Å². The molecule has 3 atom stereocenters. The third-order valence-corrected chi connectivity index (χ3v) is 2.82. The minimum atomic E-state index is -1.50. The van der Waals surface area contributed by atoms with E-state index in [9.17, 15) is 14.4 Å². The number of nitrogens with two attached hydrogens (primary N) is 1. The van der Waals surface area contributed by atoms with E-state index in [1.54, 1.807) is 27.7 Å².